The van der Waals surface area contributed by atoms with Crippen LogP contribution in [0.15, 0.2) is 29.2 Å². The second-order valence-corrected chi connectivity index (χ2v) is 8.04. The Balaban J connectivity index is 1.99. The van der Waals surface area contributed by atoms with E-state index < -0.39 is 40.7 Å². The summed E-state index contributed by atoms with van der Waals surface area (Å²) in [6.07, 6.45) is -1.38. The molecule has 1 aliphatic rings. The van der Waals surface area contributed by atoms with Crippen LogP contribution < -0.4 is 4.72 Å². The van der Waals surface area contributed by atoms with E-state index in [4.69, 9.17) is 21.1 Å². The Bertz CT molecular complexity index is 761. The number of esters is 1. The highest BCUT2D eigenvalue weighted by atomic mass is 35.5. The molecule has 0 bridgehead atoms. The Labute approximate surface area is 162 Å². The van der Waals surface area contributed by atoms with Crippen LogP contribution in [0.5, 0.6) is 0 Å². The highest BCUT2D eigenvalue weighted by molar-refractivity contribution is 7.89. The van der Waals surface area contributed by atoms with E-state index in [0.717, 1.165) is 0 Å². The molecule has 1 fully saturated rings. The Hall–Kier alpha value is -1.72. The number of morpholine rings is 1. The number of nitrogens with zero attached hydrogens (tertiary/aromatic N) is 1. The van der Waals surface area contributed by atoms with E-state index in [1.54, 1.807) is 0 Å². The summed E-state index contributed by atoms with van der Waals surface area (Å²) in [4.78, 5) is 25.6. The van der Waals surface area contributed by atoms with Crippen molar-refractivity contribution < 1.29 is 32.6 Å². The maximum Gasteiger partial charge on any atom is 0.327 e. The van der Waals surface area contributed by atoms with Gasteiger partial charge >= 0.3 is 5.97 Å². The molecule has 1 heterocycles. The lowest BCUT2D eigenvalue weighted by Gasteiger charge is -2.27. The molecule has 1 amide bonds. The number of hydrogen-bond donors (Lipinski definition) is 2. The van der Waals surface area contributed by atoms with Gasteiger partial charge in [0.2, 0.25) is 10.0 Å². The number of carbonyl (C=O) groups excluding carboxylic acids is 2. The second kappa shape index (κ2) is 9.47. The van der Waals surface area contributed by atoms with E-state index in [1.807, 2.05) is 0 Å². The molecule has 0 spiro atoms. The van der Waals surface area contributed by atoms with Crippen LogP contribution in [0.3, 0.4) is 0 Å². The van der Waals surface area contributed by atoms with Crippen LogP contribution in [0.4, 0.5) is 0 Å². The standard InChI is InChI=1S/C16H21ClN2O7S/c1-11(20)15(18-27(23,24)13-4-2-12(17)3-5-13)16(22)26-10-14(21)19-6-8-25-9-7-19/h2-5,11,15,18,20H,6-10H2,1H3/t11-,15-/m1/s1. The second-order valence-electron chi connectivity index (χ2n) is 5.89. The first-order valence-electron chi connectivity index (χ1n) is 8.19. The van der Waals surface area contributed by atoms with Gasteiger partial charge in [-0.3, -0.25) is 9.59 Å². The fourth-order valence-corrected chi connectivity index (χ4v) is 3.70. The van der Waals surface area contributed by atoms with Crippen LogP contribution >= 0.6 is 11.6 Å². The molecule has 0 aliphatic carbocycles. The van der Waals surface area contributed by atoms with E-state index in [9.17, 15) is 23.1 Å². The molecule has 1 aliphatic heterocycles. The molecule has 1 aromatic rings. The number of amides is 1. The molecule has 27 heavy (non-hydrogen) atoms. The van der Waals surface area contributed by atoms with Crippen molar-refractivity contribution in [1.82, 2.24) is 9.62 Å². The molecule has 1 saturated heterocycles. The van der Waals surface area contributed by atoms with Crippen molar-refractivity contribution in [3.05, 3.63) is 29.3 Å². The van der Waals surface area contributed by atoms with Crippen molar-refractivity contribution >= 4 is 33.5 Å². The zero-order valence-corrected chi connectivity index (χ0v) is 16.2. The van der Waals surface area contributed by atoms with Crippen LogP contribution in [-0.4, -0.2) is 75.4 Å². The van der Waals surface area contributed by atoms with E-state index in [0.29, 0.717) is 31.3 Å². The van der Waals surface area contributed by atoms with Gasteiger partial charge < -0.3 is 19.5 Å². The van der Waals surface area contributed by atoms with Crippen molar-refractivity contribution in [2.45, 2.75) is 24.0 Å². The summed E-state index contributed by atoms with van der Waals surface area (Å²) in [5.74, 6) is -1.47. The third-order valence-electron chi connectivity index (χ3n) is 3.84. The molecule has 9 nitrogen and oxygen atoms in total. The van der Waals surface area contributed by atoms with Crippen molar-refractivity contribution in [2.75, 3.05) is 32.9 Å². The smallest absolute Gasteiger partial charge is 0.327 e. The average Bonchev–Trinajstić information content (AvgIpc) is 2.64. The van der Waals surface area contributed by atoms with Gasteiger partial charge in [-0.2, -0.15) is 4.72 Å². The number of hydrogen-bond acceptors (Lipinski definition) is 7. The number of halogens is 1. The zero-order valence-electron chi connectivity index (χ0n) is 14.6. The van der Waals surface area contributed by atoms with Crippen molar-refractivity contribution in [2.24, 2.45) is 0 Å². The SMILES string of the molecule is C[C@@H](O)[C@@H](NS(=O)(=O)c1ccc(Cl)cc1)C(=O)OCC(=O)N1CCOCC1. The molecule has 2 rings (SSSR count). The number of nitrogens with one attached hydrogen (secondary N) is 1. The number of carbonyl (C=O) groups is 2. The minimum absolute atomic E-state index is 0.130. The predicted octanol–water partition coefficient (Wildman–Crippen LogP) is -0.230. The lowest BCUT2D eigenvalue weighted by Crippen LogP contribution is -2.49. The third-order valence-corrected chi connectivity index (χ3v) is 5.55. The van der Waals surface area contributed by atoms with Gasteiger partial charge in [0.15, 0.2) is 6.61 Å². The van der Waals surface area contributed by atoms with Gasteiger partial charge in [-0.15, -0.1) is 0 Å². The molecule has 2 N–H and O–H groups in total. The van der Waals surface area contributed by atoms with Crippen LogP contribution in [0, 0.1) is 0 Å². The topological polar surface area (TPSA) is 122 Å². The highest BCUT2D eigenvalue weighted by Crippen LogP contribution is 2.15. The number of sulfonamides is 1. The first-order chi connectivity index (χ1) is 12.7. The number of rotatable bonds is 7. The molecule has 0 unspecified atom stereocenters. The van der Waals surface area contributed by atoms with Gasteiger partial charge in [0.1, 0.15) is 6.04 Å². The van der Waals surface area contributed by atoms with Gasteiger partial charge in [0.05, 0.1) is 24.2 Å². The van der Waals surface area contributed by atoms with E-state index in [-0.39, 0.29) is 4.90 Å². The van der Waals surface area contributed by atoms with Crippen LogP contribution in [0.1, 0.15) is 6.92 Å². The summed E-state index contributed by atoms with van der Waals surface area (Å²) >= 11 is 5.73. The molecule has 150 valence electrons. The van der Waals surface area contributed by atoms with Gasteiger partial charge in [0.25, 0.3) is 5.91 Å². The van der Waals surface area contributed by atoms with E-state index in [1.165, 1.54) is 36.1 Å². The maximum atomic E-state index is 12.4. The number of aliphatic hydroxyl groups is 1. The Morgan fingerprint density at radius 2 is 1.89 bits per heavy atom. The van der Waals surface area contributed by atoms with Crippen molar-refractivity contribution in [3.63, 3.8) is 0 Å². The van der Waals surface area contributed by atoms with Crippen LogP contribution in [0.25, 0.3) is 0 Å². The number of aliphatic hydroxyl groups excluding tert-OH is 1. The normalized spacial score (nSPS) is 17.2. The molecule has 1 aromatic carbocycles. The average molecular weight is 421 g/mol. The molecular weight excluding hydrogens is 400 g/mol. The van der Waals surface area contributed by atoms with Crippen molar-refractivity contribution in [3.8, 4) is 0 Å². The Kier molecular flexibility index (Phi) is 7.57. The van der Waals surface area contributed by atoms with Gasteiger partial charge in [0, 0.05) is 18.1 Å². The highest BCUT2D eigenvalue weighted by Gasteiger charge is 2.31. The summed E-state index contributed by atoms with van der Waals surface area (Å²) in [5, 5.41) is 10.1. The zero-order chi connectivity index (χ0) is 20.0. The summed E-state index contributed by atoms with van der Waals surface area (Å²) in [5.41, 5.74) is 0. The van der Waals surface area contributed by atoms with Gasteiger partial charge in [-0.25, -0.2) is 8.42 Å². The first-order valence-corrected chi connectivity index (χ1v) is 10.0. The van der Waals surface area contributed by atoms with Crippen molar-refractivity contribution in [1.29, 1.82) is 0 Å². The first kappa shape index (κ1) is 21.6. The van der Waals surface area contributed by atoms with Crippen LogP contribution in [0.2, 0.25) is 5.02 Å². The molecule has 0 radical (unpaired) electrons. The minimum Gasteiger partial charge on any atom is -0.454 e. The predicted molar refractivity (Wildman–Crippen MR) is 95.6 cm³/mol. The monoisotopic (exact) mass is 420 g/mol. The largest absolute Gasteiger partial charge is 0.454 e. The molecular formula is C16H21ClN2O7S. The number of ether oxygens (including phenoxy) is 2. The summed E-state index contributed by atoms with van der Waals surface area (Å²) in [7, 11) is -4.11. The van der Waals surface area contributed by atoms with E-state index in [2.05, 4.69) is 4.72 Å². The molecule has 11 heteroatoms. The number of benzene rings is 1. The van der Waals surface area contributed by atoms with Gasteiger partial charge in [-0.1, -0.05) is 11.6 Å². The molecule has 0 aromatic heterocycles. The third kappa shape index (κ3) is 6.15. The Morgan fingerprint density at radius 1 is 1.30 bits per heavy atom. The van der Waals surface area contributed by atoms with E-state index >= 15 is 0 Å². The fraction of sp³-hybridized carbons (Fsp3) is 0.500. The summed E-state index contributed by atoms with van der Waals surface area (Å²) in [6, 6.07) is 3.72. The van der Waals surface area contributed by atoms with Crippen LogP contribution in [-0.2, 0) is 29.1 Å². The summed E-state index contributed by atoms with van der Waals surface area (Å²) < 4.78 is 36.9. The fourth-order valence-electron chi connectivity index (χ4n) is 2.32. The quantitative estimate of drug-likeness (QED) is 0.584. The minimum atomic E-state index is -4.11. The lowest BCUT2D eigenvalue weighted by atomic mass is 10.2. The molecule has 2 atom stereocenters. The lowest BCUT2D eigenvalue weighted by molar-refractivity contribution is -0.156. The molecule has 0 saturated carbocycles. The Morgan fingerprint density at radius 3 is 2.44 bits per heavy atom. The maximum absolute atomic E-state index is 12.4. The summed E-state index contributed by atoms with van der Waals surface area (Å²) in [6.45, 7) is 2.26. The van der Waals surface area contributed by atoms with Gasteiger partial charge in [-0.05, 0) is 31.2 Å².